The van der Waals surface area contributed by atoms with Crippen molar-refractivity contribution < 1.29 is 19.1 Å². The zero-order valence-corrected chi connectivity index (χ0v) is 16.0. The van der Waals surface area contributed by atoms with E-state index in [1.807, 2.05) is 23.1 Å². The monoisotopic (exact) mass is 372 g/mol. The lowest BCUT2D eigenvalue weighted by Gasteiger charge is -2.50. The second-order valence-electron chi connectivity index (χ2n) is 8.09. The van der Waals surface area contributed by atoms with Crippen LogP contribution >= 0.6 is 0 Å². The van der Waals surface area contributed by atoms with Crippen molar-refractivity contribution >= 4 is 11.9 Å². The Morgan fingerprint density at radius 1 is 1.15 bits per heavy atom. The normalized spacial score (nSPS) is 23.6. The van der Waals surface area contributed by atoms with Gasteiger partial charge in [-0.15, -0.1) is 0 Å². The van der Waals surface area contributed by atoms with E-state index in [0.29, 0.717) is 19.5 Å². The van der Waals surface area contributed by atoms with Gasteiger partial charge in [-0.25, -0.2) is 0 Å². The summed E-state index contributed by atoms with van der Waals surface area (Å²) in [5.41, 5.74) is 0.344. The molecule has 3 aliphatic rings. The molecule has 1 saturated carbocycles. The van der Waals surface area contributed by atoms with E-state index in [1.165, 1.54) is 7.11 Å². The van der Waals surface area contributed by atoms with E-state index >= 15 is 0 Å². The molecule has 2 spiro atoms. The van der Waals surface area contributed by atoms with E-state index in [9.17, 15) is 9.59 Å². The molecule has 0 bridgehead atoms. The fourth-order valence-electron chi connectivity index (χ4n) is 4.35. The van der Waals surface area contributed by atoms with Gasteiger partial charge in [0.25, 0.3) is 5.91 Å². The fraction of sp³-hybridized carbons (Fsp3) is 0.619. The molecule has 27 heavy (non-hydrogen) atoms. The predicted molar refractivity (Wildman–Crippen MR) is 99.9 cm³/mol. The minimum atomic E-state index is -0.568. The van der Waals surface area contributed by atoms with Crippen LogP contribution in [0.15, 0.2) is 30.3 Å². The average Bonchev–Trinajstić information content (AvgIpc) is 3.46. The SMILES string of the molecule is COC(=O)CCN1CCC2(CC1)CN(Cc1ccccc1)C(=O)C1(CC1)O2. The molecule has 4 rings (SSSR count). The van der Waals surface area contributed by atoms with Gasteiger partial charge in [-0.1, -0.05) is 30.3 Å². The molecule has 6 heteroatoms. The first-order chi connectivity index (χ1) is 13.0. The van der Waals surface area contributed by atoms with E-state index < -0.39 is 5.60 Å². The van der Waals surface area contributed by atoms with Gasteiger partial charge in [-0.05, 0) is 31.2 Å². The van der Waals surface area contributed by atoms with E-state index in [0.717, 1.165) is 50.9 Å². The van der Waals surface area contributed by atoms with Crippen LogP contribution in [0.5, 0.6) is 0 Å². The smallest absolute Gasteiger partial charge is 0.306 e. The van der Waals surface area contributed by atoms with E-state index in [1.54, 1.807) is 0 Å². The maximum atomic E-state index is 13.0. The predicted octanol–water partition coefficient (Wildman–Crippen LogP) is 1.98. The van der Waals surface area contributed by atoms with Crippen molar-refractivity contribution in [1.29, 1.82) is 0 Å². The number of hydrogen-bond donors (Lipinski definition) is 0. The number of methoxy groups -OCH3 is 1. The maximum absolute atomic E-state index is 13.0. The van der Waals surface area contributed by atoms with E-state index in [4.69, 9.17) is 9.47 Å². The molecule has 1 aliphatic carbocycles. The number of piperidine rings is 1. The number of likely N-dealkylation sites (tertiary alicyclic amines) is 1. The minimum Gasteiger partial charge on any atom is -0.469 e. The van der Waals surface area contributed by atoms with Crippen LogP contribution in [0.25, 0.3) is 0 Å². The Kier molecular flexibility index (Phi) is 4.95. The number of morpholine rings is 1. The van der Waals surface area contributed by atoms with Crippen molar-refractivity contribution in [3.8, 4) is 0 Å². The van der Waals surface area contributed by atoms with Gasteiger partial charge < -0.3 is 19.3 Å². The van der Waals surface area contributed by atoms with Crippen LogP contribution in [0.3, 0.4) is 0 Å². The number of rotatable bonds is 5. The summed E-state index contributed by atoms with van der Waals surface area (Å²) in [6, 6.07) is 10.2. The first-order valence-electron chi connectivity index (χ1n) is 9.87. The largest absolute Gasteiger partial charge is 0.469 e. The number of carbonyl (C=O) groups is 2. The molecule has 2 saturated heterocycles. The summed E-state index contributed by atoms with van der Waals surface area (Å²) in [6.45, 7) is 3.81. The Balaban J connectivity index is 1.41. The second kappa shape index (κ2) is 7.24. The molecule has 1 aromatic carbocycles. The molecule has 2 aliphatic heterocycles. The third-order valence-electron chi connectivity index (χ3n) is 6.12. The van der Waals surface area contributed by atoms with Gasteiger partial charge in [0.2, 0.25) is 0 Å². The average molecular weight is 372 g/mol. The number of carbonyl (C=O) groups excluding carboxylic acids is 2. The zero-order chi connectivity index (χ0) is 18.9. The summed E-state index contributed by atoms with van der Waals surface area (Å²) in [7, 11) is 1.43. The van der Waals surface area contributed by atoms with E-state index in [2.05, 4.69) is 17.0 Å². The Morgan fingerprint density at radius 3 is 2.48 bits per heavy atom. The highest BCUT2D eigenvalue weighted by Gasteiger charge is 2.61. The summed E-state index contributed by atoms with van der Waals surface area (Å²) in [5, 5.41) is 0. The number of hydrogen-bond acceptors (Lipinski definition) is 5. The van der Waals surface area contributed by atoms with Gasteiger partial charge >= 0.3 is 5.97 Å². The highest BCUT2D eigenvalue weighted by atomic mass is 16.5. The summed E-state index contributed by atoms with van der Waals surface area (Å²) in [4.78, 5) is 28.6. The number of benzene rings is 1. The molecule has 0 unspecified atom stereocenters. The lowest BCUT2D eigenvalue weighted by molar-refractivity contribution is -0.201. The van der Waals surface area contributed by atoms with Crippen molar-refractivity contribution in [3.05, 3.63) is 35.9 Å². The van der Waals surface area contributed by atoms with Gasteiger partial charge in [0, 0.05) is 26.2 Å². The highest BCUT2D eigenvalue weighted by Crippen LogP contribution is 2.50. The van der Waals surface area contributed by atoms with Crippen LogP contribution in [0.2, 0.25) is 0 Å². The maximum Gasteiger partial charge on any atom is 0.306 e. The molecule has 0 radical (unpaired) electrons. The van der Waals surface area contributed by atoms with Gasteiger partial charge in [-0.2, -0.15) is 0 Å². The standard InChI is InChI=1S/C21H28N2O4/c1-26-18(24)7-12-22-13-10-20(11-14-22)16-23(15-17-5-3-2-4-6-17)19(25)21(27-20)8-9-21/h2-6H,7-16H2,1H3. The van der Waals surface area contributed by atoms with Crippen molar-refractivity contribution in [2.24, 2.45) is 0 Å². The molecule has 146 valence electrons. The van der Waals surface area contributed by atoms with Gasteiger partial charge in [0.05, 0.1) is 25.7 Å². The molecule has 2 heterocycles. The van der Waals surface area contributed by atoms with Crippen LogP contribution in [0.4, 0.5) is 0 Å². The lowest BCUT2D eigenvalue weighted by Crippen LogP contribution is -2.62. The number of esters is 1. The van der Waals surface area contributed by atoms with Crippen LogP contribution in [-0.4, -0.2) is 66.2 Å². The number of ether oxygens (including phenoxy) is 2. The van der Waals surface area contributed by atoms with Crippen molar-refractivity contribution in [2.45, 2.75) is 49.9 Å². The van der Waals surface area contributed by atoms with Crippen LogP contribution in [0, 0.1) is 0 Å². The summed E-state index contributed by atoms with van der Waals surface area (Å²) < 4.78 is 11.2. The third kappa shape index (κ3) is 3.87. The van der Waals surface area contributed by atoms with Gasteiger partial charge in [0.1, 0.15) is 5.60 Å². The molecule has 1 amide bonds. The Hall–Kier alpha value is -1.92. The fourth-order valence-corrected chi connectivity index (χ4v) is 4.35. The lowest BCUT2D eigenvalue weighted by atomic mass is 9.87. The summed E-state index contributed by atoms with van der Waals surface area (Å²) in [5.74, 6) is -0.00846. The topological polar surface area (TPSA) is 59.1 Å². The second-order valence-corrected chi connectivity index (χ2v) is 8.09. The Labute approximate surface area is 160 Å². The Morgan fingerprint density at radius 2 is 1.85 bits per heavy atom. The first-order valence-corrected chi connectivity index (χ1v) is 9.87. The minimum absolute atomic E-state index is 0.157. The Bertz CT molecular complexity index is 693. The number of amides is 1. The van der Waals surface area contributed by atoms with Crippen molar-refractivity contribution in [1.82, 2.24) is 9.80 Å². The summed E-state index contributed by atoms with van der Waals surface area (Å²) in [6.07, 6.45) is 3.89. The van der Waals surface area contributed by atoms with Crippen LogP contribution < -0.4 is 0 Å². The molecule has 1 aromatic rings. The number of nitrogens with zero attached hydrogens (tertiary/aromatic N) is 2. The third-order valence-corrected chi connectivity index (χ3v) is 6.12. The van der Waals surface area contributed by atoms with Crippen molar-refractivity contribution in [2.75, 3.05) is 33.3 Å². The van der Waals surface area contributed by atoms with Gasteiger partial charge in [0.15, 0.2) is 0 Å². The molecule has 0 atom stereocenters. The first kappa shape index (κ1) is 18.4. The highest BCUT2D eigenvalue weighted by molar-refractivity contribution is 5.89. The quantitative estimate of drug-likeness (QED) is 0.740. The van der Waals surface area contributed by atoms with Crippen LogP contribution in [0.1, 0.15) is 37.7 Å². The summed E-state index contributed by atoms with van der Waals surface area (Å²) >= 11 is 0. The molecular weight excluding hydrogens is 344 g/mol. The van der Waals surface area contributed by atoms with Crippen molar-refractivity contribution in [3.63, 3.8) is 0 Å². The van der Waals surface area contributed by atoms with Gasteiger partial charge in [-0.3, -0.25) is 9.59 Å². The van der Waals surface area contributed by atoms with Crippen LogP contribution in [-0.2, 0) is 25.6 Å². The molecule has 0 N–H and O–H groups in total. The molecule has 0 aromatic heterocycles. The molecule has 3 fully saturated rings. The zero-order valence-electron chi connectivity index (χ0n) is 16.0. The van der Waals surface area contributed by atoms with E-state index in [-0.39, 0.29) is 17.5 Å². The molecular formula is C21H28N2O4. The molecule has 6 nitrogen and oxygen atoms in total.